The van der Waals surface area contributed by atoms with E-state index in [1.807, 2.05) is 6.92 Å². The van der Waals surface area contributed by atoms with Crippen LogP contribution < -0.4 is 5.43 Å². The fourth-order valence-corrected chi connectivity index (χ4v) is 4.43. The van der Waals surface area contributed by atoms with Crippen LogP contribution in [-0.2, 0) is 11.3 Å². The minimum absolute atomic E-state index is 0.0539. The van der Waals surface area contributed by atoms with Gasteiger partial charge < -0.3 is 9.30 Å². The molecule has 0 atom stereocenters. The Morgan fingerprint density at radius 2 is 1.94 bits per heavy atom. The molecule has 1 aliphatic rings. The summed E-state index contributed by atoms with van der Waals surface area (Å²) in [7, 11) is 0. The van der Waals surface area contributed by atoms with Gasteiger partial charge in [0, 0.05) is 17.3 Å². The first-order valence-electron chi connectivity index (χ1n) is 9.78. The molecule has 1 aliphatic heterocycles. The van der Waals surface area contributed by atoms with E-state index in [-0.39, 0.29) is 24.5 Å². The molecule has 2 aromatic carbocycles. The van der Waals surface area contributed by atoms with Crippen molar-refractivity contribution in [3.63, 3.8) is 0 Å². The van der Waals surface area contributed by atoms with Crippen molar-refractivity contribution in [3.05, 3.63) is 84.1 Å². The lowest BCUT2D eigenvalue weighted by Crippen LogP contribution is -2.27. The van der Waals surface area contributed by atoms with Gasteiger partial charge >= 0.3 is 5.97 Å². The maximum Gasteiger partial charge on any atom is 0.343 e. The molecule has 0 aliphatic carbocycles. The number of Topliss-reactive ketones (excluding diaryl/α,β-unsaturated/α-hetero) is 1. The standard InChI is InChI=1S/C24H19Cl2NO4/c1-4-31-24(30)16-11-27-10-15(9-14-6-5-7-17(25)20(14)26)22(28)18-12(2)8-13(3)19(21(18)27)23(16)29/h5-9,11H,4,10H2,1-3H3/b15-9+. The molecule has 0 fully saturated rings. The molecule has 0 bridgehead atoms. The molecule has 0 unspecified atom stereocenters. The van der Waals surface area contributed by atoms with E-state index in [1.54, 1.807) is 48.8 Å². The lowest BCUT2D eigenvalue weighted by Gasteiger charge is -2.24. The molecule has 0 saturated carbocycles. The van der Waals surface area contributed by atoms with E-state index in [9.17, 15) is 14.4 Å². The Kier molecular flexibility index (Phi) is 5.50. The third-order valence-electron chi connectivity index (χ3n) is 5.41. The Morgan fingerprint density at radius 1 is 1.19 bits per heavy atom. The second-order valence-corrected chi connectivity index (χ2v) is 8.26. The molecule has 31 heavy (non-hydrogen) atoms. The zero-order valence-corrected chi connectivity index (χ0v) is 18.7. The highest BCUT2D eigenvalue weighted by molar-refractivity contribution is 6.43. The van der Waals surface area contributed by atoms with Crippen molar-refractivity contribution in [1.29, 1.82) is 0 Å². The van der Waals surface area contributed by atoms with Gasteiger partial charge in [0.05, 0.1) is 34.1 Å². The summed E-state index contributed by atoms with van der Waals surface area (Å²) in [4.78, 5) is 39.0. The summed E-state index contributed by atoms with van der Waals surface area (Å²) in [6.07, 6.45) is 3.18. The van der Waals surface area contributed by atoms with Crippen molar-refractivity contribution in [2.45, 2.75) is 27.3 Å². The Morgan fingerprint density at radius 3 is 2.65 bits per heavy atom. The fourth-order valence-electron chi connectivity index (χ4n) is 4.07. The lowest BCUT2D eigenvalue weighted by molar-refractivity contribution is 0.0524. The van der Waals surface area contributed by atoms with Gasteiger partial charge in [0.15, 0.2) is 5.78 Å². The third-order valence-corrected chi connectivity index (χ3v) is 6.24. The number of carbonyl (C=O) groups excluding carboxylic acids is 2. The molecular weight excluding hydrogens is 437 g/mol. The van der Waals surface area contributed by atoms with Crippen LogP contribution in [0.25, 0.3) is 17.0 Å². The number of nitrogens with zero attached hydrogens (tertiary/aromatic N) is 1. The van der Waals surface area contributed by atoms with Gasteiger partial charge in [0.2, 0.25) is 5.43 Å². The van der Waals surface area contributed by atoms with Gasteiger partial charge in [-0.3, -0.25) is 9.59 Å². The van der Waals surface area contributed by atoms with E-state index in [1.165, 1.54) is 6.20 Å². The van der Waals surface area contributed by atoms with Crippen molar-refractivity contribution in [2.24, 2.45) is 0 Å². The number of esters is 1. The fraction of sp³-hybridized carbons (Fsp3) is 0.208. The van der Waals surface area contributed by atoms with E-state index in [2.05, 4.69) is 0 Å². The van der Waals surface area contributed by atoms with Gasteiger partial charge in [0.1, 0.15) is 5.56 Å². The number of benzene rings is 2. The summed E-state index contributed by atoms with van der Waals surface area (Å²) in [6.45, 7) is 5.66. The van der Waals surface area contributed by atoms with Crippen LogP contribution in [-0.4, -0.2) is 22.9 Å². The van der Waals surface area contributed by atoms with Gasteiger partial charge in [-0.05, 0) is 49.6 Å². The zero-order valence-electron chi connectivity index (χ0n) is 17.2. The van der Waals surface area contributed by atoms with Gasteiger partial charge in [-0.2, -0.15) is 0 Å². The topological polar surface area (TPSA) is 65.4 Å². The average Bonchev–Trinajstić information content (AvgIpc) is 2.71. The van der Waals surface area contributed by atoms with E-state index < -0.39 is 11.4 Å². The van der Waals surface area contributed by atoms with Crippen LogP contribution in [0, 0.1) is 13.8 Å². The second-order valence-electron chi connectivity index (χ2n) is 7.47. The number of ketones is 1. The predicted octanol–water partition coefficient (Wildman–Crippen LogP) is 5.38. The average molecular weight is 456 g/mol. The molecule has 0 N–H and O–H groups in total. The third kappa shape index (κ3) is 3.48. The van der Waals surface area contributed by atoms with Crippen molar-refractivity contribution in [1.82, 2.24) is 4.57 Å². The van der Waals surface area contributed by atoms with E-state index >= 15 is 0 Å². The largest absolute Gasteiger partial charge is 0.462 e. The molecule has 0 amide bonds. The van der Waals surface area contributed by atoms with Crippen LogP contribution in [0.1, 0.15) is 44.3 Å². The van der Waals surface area contributed by atoms with Gasteiger partial charge in [-0.25, -0.2) is 4.79 Å². The molecule has 3 aromatic rings. The van der Waals surface area contributed by atoms with Crippen molar-refractivity contribution in [3.8, 4) is 0 Å². The Hall–Kier alpha value is -2.89. The SMILES string of the molecule is CCOC(=O)c1cn2c3c(c(C)cc(C)c3c1=O)C(=O)/C(=C/c1cccc(Cl)c1Cl)C2. The van der Waals surface area contributed by atoms with Gasteiger partial charge in [-0.1, -0.05) is 41.4 Å². The molecular formula is C24H19Cl2NO4. The first-order valence-corrected chi connectivity index (χ1v) is 10.5. The number of aromatic nitrogens is 1. The number of halogens is 2. The maximum absolute atomic E-state index is 13.4. The second kappa shape index (κ2) is 7.98. The van der Waals surface area contributed by atoms with Crippen LogP contribution in [0.2, 0.25) is 10.0 Å². The highest BCUT2D eigenvalue weighted by Crippen LogP contribution is 2.33. The summed E-state index contributed by atoms with van der Waals surface area (Å²) < 4.78 is 6.84. The Bertz CT molecular complexity index is 1370. The number of ether oxygens (including phenoxy) is 1. The van der Waals surface area contributed by atoms with Gasteiger partial charge in [-0.15, -0.1) is 0 Å². The van der Waals surface area contributed by atoms with Crippen molar-refractivity contribution in [2.75, 3.05) is 6.61 Å². The van der Waals surface area contributed by atoms with Crippen LogP contribution in [0.4, 0.5) is 0 Å². The van der Waals surface area contributed by atoms with Crippen LogP contribution >= 0.6 is 23.2 Å². The van der Waals surface area contributed by atoms with E-state index in [4.69, 9.17) is 27.9 Å². The summed E-state index contributed by atoms with van der Waals surface area (Å²) in [5.74, 6) is -0.859. The minimum atomic E-state index is -0.681. The van der Waals surface area contributed by atoms with E-state index in [0.717, 1.165) is 5.56 Å². The lowest BCUT2D eigenvalue weighted by atomic mass is 9.89. The van der Waals surface area contributed by atoms with Gasteiger partial charge in [0.25, 0.3) is 0 Å². The van der Waals surface area contributed by atoms with Crippen LogP contribution in [0.5, 0.6) is 0 Å². The highest BCUT2D eigenvalue weighted by atomic mass is 35.5. The quantitative estimate of drug-likeness (QED) is 0.392. The highest BCUT2D eigenvalue weighted by Gasteiger charge is 2.29. The van der Waals surface area contributed by atoms with E-state index in [0.29, 0.717) is 43.2 Å². The maximum atomic E-state index is 13.4. The van der Waals surface area contributed by atoms with Crippen LogP contribution in [0.15, 0.2) is 40.8 Å². The smallest absolute Gasteiger partial charge is 0.343 e. The minimum Gasteiger partial charge on any atom is -0.462 e. The molecule has 7 heteroatoms. The van der Waals surface area contributed by atoms with Crippen LogP contribution in [0.3, 0.4) is 0 Å². The number of rotatable bonds is 3. The Labute approximate surface area is 188 Å². The Balaban J connectivity index is 2.01. The molecule has 0 saturated heterocycles. The summed E-state index contributed by atoms with van der Waals surface area (Å²) in [6, 6.07) is 7.00. The van der Waals surface area contributed by atoms with Crippen molar-refractivity contribution < 1.29 is 14.3 Å². The molecule has 5 nitrogen and oxygen atoms in total. The number of pyridine rings is 1. The molecule has 1 aromatic heterocycles. The summed E-state index contributed by atoms with van der Waals surface area (Å²) in [5, 5.41) is 1.11. The summed E-state index contributed by atoms with van der Waals surface area (Å²) >= 11 is 12.4. The molecule has 0 spiro atoms. The number of allylic oxidation sites excluding steroid dienone is 1. The number of hydrogen-bond donors (Lipinski definition) is 0. The zero-order chi connectivity index (χ0) is 22.4. The molecule has 158 valence electrons. The normalized spacial score (nSPS) is 14.4. The summed E-state index contributed by atoms with van der Waals surface area (Å²) in [5.41, 5.74) is 3.06. The van der Waals surface area contributed by atoms with Crippen molar-refractivity contribution >= 4 is 51.9 Å². The predicted molar refractivity (Wildman–Crippen MR) is 122 cm³/mol. The number of carbonyl (C=O) groups is 2. The first kappa shape index (κ1) is 21.3. The molecule has 2 heterocycles. The number of aryl methyl sites for hydroxylation is 2. The first-order chi connectivity index (χ1) is 14.7. The monoisotopic (exact) mass is 455 g/mol. The number of hydrogen-bond acceptors (Lipinski definition) is 4. The molecule has 0 radical (unpaired) electrons. The molecule has 4 rings (SSSR count).